The first-order valence-electron chi connectivity index (χ1n) is 6.31. The summed E-state index contributed by atoms with van der Waals surface area (Å²) in [7, 11) is 0. The minimum absolute atomic E-state index is 0.253. The van der Waals surface area contributed by atoms with E-state index >= 15 is 0 Å². The maximum Gasteiger partial charge on any atom is 0.146 e. The first kappa shape index (κ1) is 14.0. The highest BCUT2D eigenvalue weighted by Gasteiger charge is 2.19. The molecule has 0 fully saturated rings. The van der Waals surface area contributed by atoms with Gasteiger partial charge in [-0.25, -0.2) is 4.39 Å². The number of rotatable bonds is 5. The average Bonchev–Trinajstić information content (AvgIpc) is 2.42. The zero-order valence-electron chi connectivity index (χ0n) is 10.7. The van der Waals surface area contributed by atoms with Crippen molar-refractivity contribution in [2.75, 3.05) is 6.54 Å². The van der Waals surface area contributed by atoms with Crippen molar-refractivity contribution < 1.29 is 4.39 Å². The normalized spacial score (nSPS) is 12.4. The lowest BCUT2D eigenvalue weighted by Gasteiger charge is -2.21. The highest BCUT2D eigenvalue weighted by atomic mass is 35.5. The molecule has 1 aromatic carbocycles. The van der Waals surface area contributed by atoms with Crippen molar-refractivity contribution in [3.8, 4) is 0 Å². The van der Waals surface area contributed by atoms with E-state index < -0.39 is 0 Å². The van der Waals surface area contributed by atoms with Crippen LogP contribution in [0.4, 0.5) is 4.39 Å². The summed E-state index contributed by atoms with van der Waals surface area (Å²) >= 11 is 6.22. The molecule has 1 atom stereocenters. The molecule has 19 heavy (non-hydrogen) atoms. The van der Waals surface area contributed by atoms with E-state index in [9.17, 15) is 4.39 Å². The van der Waals surface area contributed by atoms with Crippen LogP contribution in [0.1, 0.15) is 30.5 Å². The second-order valence-corrected chi connectivity index (χ2v) is 4.71. The molecule has 0 aliphatic carbocycles. The van der Waals surface area contributed by atoms with Gasteiger partial charge in [-0.05, 0) is 30.7 Å². The lowest BCUT2D eigenvalue weighted by Crippen LogP contribution is -2.24. The van der Waals surface area contributed by atoms with Gasteiger partial charge < -0.3 is 5.32 Å². The molecule has 0 saturated heterocycles. The Morgan fingerprint density at radius 1 is 1.26 bits per heavy atom. The molecule has 1 heterocycles. The summed E-state index contributed by atoms with van der Waals surface area (Å²) in [6.45, 7) is 2.86. The maximum absolute atomic E-state index is 13.9. The van der Waals surface area contributed by atoms with Crippen LogP contribution in [0.2, 0.25) is 5.02 Å². The van der Waals surface area contributed by atoms with Gasteiger partial charge in [-0.3, -0.25) is 4.98 Å². The molecule has 0 amide bonds. The third-order valence-electron chi connectivity index (χ3n) is 2.93. The van der Waals surface area contributed by atoms with Crippen molar-refractivity contribution in [3.63, 3.8) is 0 Å². The summed E-state index contributed by atoms with van der Waals surface area (Å²) in [5.41, 5.74) is 1.44. The fraction of sp³-hybridized carbons (Fsp3) is 0.267. The van der Waals surface area contributed by atoms with Crippen molar-refractivity contribution in [2.24, 2.45) is 0 Å². The molecule has 4 heteroatoms. The summed E-state index contributed by atoms with van der Waals surface area (Å²) in [4.78, 5) is 3.79. The number of nitrogens with zero attached hydrogens (tertiary/aromatic N) is 1. The van der Waals surface area contributed by atoms with Gasteiger partial charge in [0.2, 0.25) is 0 Å². The van der Waals surface area contributed by atoms with Gasteiger partial charge in [0.15, 0.2) is 0 Å². The van der Waals surface area contributed by atoms with Crippen LogP contribution in [0.3, 0.4) is 0 Å². The Hall–Kier alpha value is -1.45. The van der Waals surface area contributed by atoms with Crippen LogP contribution in [0.15, 0.2) is 42.7 Å². The van der Waals surface area contributed by atoms with Gasteiger partial charge in [-0.1, -0.05) is 36.7 Å². The van der Waals surface area contributed by atoms with Gasteiger partial charge in [0.1, 0.15) is 5.82 Å². The molecule has 0 bridgehead atoms. The zero-order valence-corrected chi connectivity index (χ0v) is 11.5. The van der Waals surface area contributed by atoms with Crippen molar-refractivity contribution in [1.29, 1.82) is 0 Å². The minimum atomic E-state index is -0.323. The monoisotopic (exact) mass is 278 g/mol. The third kappa shape index (κ3) is 3.31. The van der Waals surface area contributed by atoms with Gasteiger partial charge in [-0.15, -0.1) is 0 Å². The zero-order chi connectivity index (χ0) is 13.7. The molecule has 1 aromatic heterocycles. The summed E-state index contributed by atoms with van der Waals surface area (Å²) in [6, 6.07) is 8.93. The van der Waals surface area contributed by atoms with Crippen molar-refractivity contribution >= 4 is 11.6 Å². The molecule has 2 aromatic rings. The number of halogens is 2. The lowest BCUT2D eigenvalue weighted by molar-refractivity contribution is 0.543. The van der Waals surface area contributed by atoms with E-state index in [1.54, 1.807) is 12.3 Å². The highest BCUT2D eigenvalue weighted by Crippen LogP contribution is 2.29. The molecule has 1 unspecified atom stereocenters. The Kier molecular flexibility index (Phi) is 4.88. The third-order valence-corrected chi connectivity index (χ3v) is 3.27. The Morgan fingerprint density at radius 3 is 2.74 bits per heavy atom. The van der Waals surface area contributed by atoms with Crippen LogP contribution < -0.4 is 5.32 Å². The molecule has 0 radical (unpaired) electrons. The molecule has 0 aliphatic heterocycles. The van der Waals surface area contributed by atoms with Crippen LogP contribution in [-0.2, 0) is 0 Å². The van der Waals surface area contributed by atoms with E-state index in [0.29, 0.717) is 10.6 Å². The van der Waals surface area contributed by atoms with Gasteiger partial charge in [0, 0.05) is 16.8 Å². The van der Waals surface area contributed by atoms with E-state index in [1.165, 1.54) is 6.20 Å². The quantitative estimate of drug-likeness (QED) is 0.895. The van der Waals surface area contributed by atoms with Gasteiger partial charge in [0.05, 0.1) is 12.2 Å². The van der Waals surface area contributed by atoms with E-state index in [4.69, 9.17) is 11.6 Å². The Labute approximate surface area is 117 Å². The summed E-state index contributed by atoms with van der Waals surface area (Å²) in [6.07, 6.45) is 3.79. The minimum Gasteiger partial charge on any atom is -0.306 e. The second-order valence-electron chi connectivity index (χ2n) is 4.31. The molecule has 2 rings (SSSR count). The molecule has 0 spiro atoms. The van der Waals surface area contributed by atoms with Crippen molar-refractivity contribution in [2.45, 2.75) is 19.4 Å². The summed E-state index contributed by atoms with van der Waals surface area (Å²) in [5.74, 6) is -0.323. The number of benzene rings is 1. The number of pyridine rings is 1. The standard InChI is InChI=1S/C15H16ClFN2/c1-2-8-19-15(11-5-3-4-6-13(11)16)12-7-9-18-10-14(12)17/h3-7,9-10,15,19H,2,8H2,1H3. The predicted octanol–water partition coefficient (Wildman–Crippen LogP) is 3.96. The molecular weight excluding hydrogens is 263 g/mol. The number of hydrogen-bond donors (Lipinski definition) is 1. The van der Waals surface area contributed by atoms with E-state index in [0.717, 1.165) is 18.5 Å². The molecule has 0 aliphatic rings. The first-order chi connectivity index (χ1) is 9.24. The Morgan fingerprint density at radius 2 is 2.05 bits per heavy atom. The second kappa shape index (κ2) is 6.64. The molecule has 2 nitrogen and oxygen atoms in total. The van der Waals surface area contributed by atoms with Crippen molar-refractivity contribution in [3.05, 3.63) is 64.7 Å². The Bertz CT molecular complexity index is 500. The number of hydrogen-bond acceptors (Lipinski definition) is 2. The maximum atomic E-state index is 13.9. The summed E-state index contributed by atoms with van der Waals surface area (Å²) < 4.78 is 13.9. The van der Waals surface area contributed by atoms with E-state index in [-0.39, 0.29) is 11.9 Å². The van der Waals surface area contributed by atoms with Gasteiger partial charge in [0.25, 0.3) is 0 Å². The van der Waals surface area contributed by atoms with Crippen molar-refractivity contribution in [1.82, 2.24) is 10.3 Å². The lowest BCUT2D eigenvalue weighted by atomic mass is 9.99. The van der Waals surface area contributed by atoms with Crippen LogP contribution >= 0.6 is 11.6 Å². The predicted molar refractivity (Wildman–Crippen MR) is 75.8 cm³/mol. The summed E-state index contributed by atoms with van der Waals surface area (Å²) in [5, 5.41) is 3.96. The van der Waals surface area contributed by atoms with E-state index in [2.05, 4.69) is 17.2 Å². The fourth-order valence-electron chi connectivity index (χ4n) is 2.01. The Balaban J connectivity index is 2.42. The SMILES string of the molecule is CCCNC(c1ccncc1F)c1ccccc1Cl. The average molecular weight is 279 g/mol. The highest BCUT2D eigenvalue weighted by molar-refractivity contribution is 6.31. The number of aromatic nitrogens is 1. The smallest absolute Gasteiger partial charge is 0.146 e. The van der Waals surface area contributed by atoms with Crippen LogP contribution in [0.5, 0.6) is 0 Å². The largest absolute Gasteiger partial charge is 0.306 e. The molecule has 0 saturated carbocycles. The van der Waals surface area contributed by atoms with Crippen LogP contribution in [-0.4, -0.2) is 11.5 Å². The molecular formula is C15H16ClFN2. The van der Waals surface area contributed by atoms with Crippen LogP contribution in [0, 0.1) is 5.82 Å². The van der Waals surface area contributed by atoms with E-state index in [1.807, 2.05) is 24.3 Å². The molecule has 100 valence electrons. The van der Waals surface area contributed by atoms with Gasteiger partial charge in [-0.2, -0.15) is 0 Å². The number of nitrogens with one attached hydrogen (secondary N) is 1. The fourth-order valence-corrected chi connectivity index (χ4v) is 2.25. The first-order valence-corrected chi connectivity index (χ1v) is 6.69. The molecule has 1 N–H and O–H groups in total. The van der Waals surface area contributed by atoms with Crippen LogP contribution in [0.25, 0.3) is 0 Å². The topological polar surface area (TPSA) is 24.9 Å². The van der Waals surface area contributed by atoms with Gasteiger partial charge >= 0.3 is 0 Å².